The number of urea groups is 1. The Morgan fingerprint density at radius 1 is 1.25 bits per heavy atom. The number of anilines is 1. The molecule has 0 bridgehead atoms. The van der Waals surface area contributed by atoms with E-state index in [1.165, 1.54) is 5.56 Å². The van der Waals surface area contributed by atoms with E-state index in [1.54, 1.807) is 0 Å². The van der Waals surface area contributed by atoms with Crippen LogP contribution in [0.2, 0.25) is 0 Å². The molecule has 110 valence electrons. The second-order valence-corrected chi connectivity index (χ2v) is 5.75. The van der Waals surface area contributed by atoms with Gasteiger partial charge in [0, 0.05) is 18.3 Å². The standard InChI is InChI=1S/C16H24N2O2/c1-11-4-3-5-15(12(11)2)18-16(20)17-14-8-6-13(10-19)7-9-14/h3-5,13-14,19H,6-10H2,1-2H3,(H2,17,18,20). The monoisotopic (exact) mass is 276 g/mol. The molecule has 3 N–H and O–H groups in total. The van der Waals surface area contributed by atoms with Gasteiger partial charge in [0.1, 0.15) is 0 Å². The van der Waals surface area contributed by atoms with E-state index >= 15 is 0 Å². The summed E-state index contributed by atoms with van der Waals surface area (Å²) >= 11 is 0. The molecule has 2 rings (SSSR count). The minimum atomic E-state index is -0.133. The SMILES string of the molecule is Cc1cccc(NC(=O)NC2CCC(CO)CC2)c1C. The number of hydrogen-bond donors (Lipinski definition) is 3. The maximum Gasteiger partial charge on any atom is 0.319 e. The molecule has 0 spiro atoms. The Morgan fingerprint density at radius 2 is 1.95 bits per heavy atom. The minimum absolute atomic E-state index is 0.133. The fourth-order valence-corrected chi connectivity index (χ4v) is 2.72. The number of nitrogens with one attached hydrogen (secondary N) is 2. The number of carbonyl (C=O) groups excluding carboxylic acids is 1. The molecule has 0 radical (unpaired) electrons. The predicted molar refractivity (Wildman–Crippen MR) is 80.9 cm³/mol. The lowest BCUT2D eigenvalue weighted by Gasteiger charge is -2.28. The first kappa shape index (κ1) is 14.9. The largest absolute Gasteiger partial charge is 0.396 e. The van der Waals surface area contributed by atoms with E-state index in [0.717, 1.165) is 36.9 Å². The van der Waals surface area contributed by atoms with E-state index < -0.39 is 0 Å². The Balaban J connectivity index is 1.85. The van der Waals surface area contributed by atoms with Crippen LogP contribution in [0, 0.1) is 19.8 Å². The van der Waals surface area contributed by atoms with Gasteiger partial charge in [-0.25, -0.2) is 4.79 Å². The molecule has 1 aliphatic rings. The van der Waals surface area contributed by atoms with Gasteiger partial charge in [0.15, 0.2) is 0 Å². The van der Waals surface area contributed by atoms with Gasteiger partial charge in [0.25, 0.3) is 0 Å². The number of amides is 2. The van der Waals surface area contributed by atoms with Crippen LogP contribution in [0.25, 0.3) is 0 Å². The average molecular weight is 276 g/mol. The van der Waals surface area contributed by atoms with Crippen LogP contribution in [0.5, 0.6) is 0 Å². The fraction of sp³-hybridized carbons (Fsp3) is 0.562. The van der Waals surface area contributed by atoms with E-state index in [2.05, 4.69) is 10.6 Å². The lowest BCUT2D eigenvalue weighted by Crippen LogP contribution is -2.40. The lowest BCUT2D eigenvalue weighted by molar-refractivity contribution is 0.176. The van der Waals surface area contributed by atoms with Crippen molar-refractivity contribution in [1.82, 2.24) is 5.32 Å². The molecule has 4 heteroatoms. The number of hydrogen-bond acceptors (Lipinski definition) is 2. The van der Waals surface area contributed by atoms with Gasteiger partial charge in [0.2, 0.25) is 0 Å². The molecule has 0 saturated heterocycles. The van der Waals surface area contributed by atoms with E-state index in [1.807, 2.05) is 32.0 Å². The summed E-state index contributed by atoms with van der Waals surface area (Å²) in [6, 6.07) is 6.00. The minimum Gasteiger partial charge on any atom is -0.396 e. The van der Waals surface area contributed by atoms with E-state index in [-0.39, 0.29) is 18.7 Å². The second-order valence-electron chi connectivity index (χ2n) is 5.75. The Morgan fingerprint density at radius 3 is 2.60 bits per heavy atom. The summed E-state index contributed by atoms with van der Waals surface area (Å²) < 4.78 is 0. The van der Waals surface area contributed by atoms with Crippen molar-refractivity contribution in [1.29, 1.82) is 0 Å². The smallest absolute Gasteiger partial charge is 0.319 e. The Hall–Kier alpha value is -1.55. The van der Waals surface area contributed by atoms with Crippen LogP contribution in [-0.4, -0.2) is 23.8 Å². The van der Waals surface area contributed by atoms with E-state index in [4.69, 9.17) is 5.11 Å². The third-order valence-electron chi connectivity index (χ3n) is 4.29. The summed E-state index contributed by atoms with van der Waals surface area (Å²) in [5.74, 6) is 0.412. The third kappa shape index (κ3) is 3.73. The first-order chi connectivity index (χ1) is 9.60. The van der Waals surface area contributed by atoms with Gasteiger partial charge < -0.3 is 15.7 Å². The van der Waals surface area contributed by atoms with Gasteiger partial charge >= 0.3 is 6.03 Å². The second kappa shape index (κ2) is 6.75. The summed E-state index contributed by atoms with van der Waals surface area (Å²) in [5.41, 5.74) is 3.14. The highest BCUT2D eigenvalue weighted by Crippen LogP contribution is 2.24. The lowest BCUT2D eigenvalue weighted by atomic mass is 9.87. The normalized spacial score (nSPS) is 22.4. The van der Waals surface area contributed by atoms with Crippen LogP contribution in [0.15, 0.2) is 18.2 Å². The highest BCUT2D eigenvalue weighted by molar-refractivity contribution is 5.90. The van der Waals surface area contributed by atoms with Gasteiger partial charge in [-0.3, -0.25) is 0 Å². The number of carbonyl (C=O) groups is 1. The highest BCUT2D eigenvalue weighted by Gasteiger charge is 2.21. The molecule has 4 nitrogen and oxygen atoms in total. The van der Waals surface area contributed by atoms with Crippen LogP contribution in [0.3, 0.4) is 0 Å². The first-order valence-corrected chi connectivity index (χ1v) is 7.34. The Bertz CT molecular complexity index is 466. The Labute approximate surface area is 120 Å². The molecule has 0 heterocycles. The summed E-state index contributed by atoms with van der Waals surface area (Å²) in [5, 5.41) is 15.1. The number of rotatable bonds is 3. The molecule has 20 heavy (non-hydrogen) atoms. The first-order valence-electron chi connectivity index (χ1n) is 7.34. The number of aliphatic hydroxyl groups excluding tert-OH is 1. The highest BCUT2D eigenvalue weighted by atomic mass is 16.3. The zero-order valence-corrected chi connectivity index (χ0v) is 12.3. The average Bonchev–Trinajstić information content (AvgIpc) is 2.45. The summed E-state index contributed by atoms with van der Waals surface area (Å²) in [4.78, 5) is 12.0. The summed E-state index contributed by atoms with van der Waals surface area (Å²) in [7, 11) is 0. The van der Waals surface area contributed by atoms with Gasteiger partial charge in [-0.1, -0.05) is 12.1 Å². The maximum atomic E-state index is 12.0. The summed E-state index contributed by atoms with van der Waals surface area (Å²) in [6.45, 7) is 4.31. The molecule has 1 aliphatic carbocycles. The molecule has 2 amide bonds. The zero-order valence-electron chi connectivity index (χ0n) is 12.3. The quantitative estimate of drug-likeness (QED) is 0.795. The van der Waals surface area contributed by atoms with Crippen molar-refractivity contribution in [2.45, 2.75) is 45.6 Å². The van der Waals surface area contributed by atoms with Crippen molar-refractivity contribution in [3.63, 3.8) is 0 Å². The molecular formula is C16H24N2O2. The number of aliphatic hydroxyl groups is 1. The number of aryl methyl sites for hydroxylation is 1. The van der Waals surface area contributed by atoms with Crippen LogP contribution in [-0.2, 0) is 0 Å². The van der Waals surface area contributed by atoms with Crippen molar-refractivity contribution < 1.29 is 9.90 Å². The van der Waals surface area contributed by atoms with Gasteiger partial charge in [-0.15, -0.1) is 0 Å². The van der Waals surface area contributed by atoms with Crippen LogP contribution < -0.4 is 10.6 Å². The zero-order chi connectivity index (χ0) is 14.5. The Kier molecular flexibility index (Phi) is 5.01. The van der Waals surface area contributed by atoms with Gasteiger partial charge in [-0.2, -0.15) is 0 Å². The van der Waals surface area contributed by atoms with Crippen molar-refractivity contribution >= 4 is 11.7 Å². The third-order valence-corrected chi connectivity index (χ3v) is 4.29. The van der Waals surface area contributed by atoms with E-state index in [9.17, 15) is 4.79 Å². The van der Waals surface area contributed by atoms with E-state index in [0.29, 0.717) is 5.92 Å². The maximum absolute atomic E-state index is 12.0. The van der Waals surface area contributed by atoms with Gasteiger partial charge in [-0.05, 0) is 62.6 Å². The van der Waals surface area contributed by atoms with Crippen LogP contribution >= 0.6 is 0 Å². The van der Waals surface area contributed by atoms with Crippen molar-refractivity contribution in [3.05, 3.63) is 29.3 Å². The molecule has 1 saturated carbocycles. The predicted octanol–water partition coefficient (Wildman–Crippen LogP) is 2.98. The molecule has 0 aromatic heterocycles. The van der Waals surface area contributed by atoms with Crippen LogP contribution in [0.1, 0.15) is 36.8 Å². The van der Waals surface area contributed by atoms with Gasteiger partial charge in [0.05, 0.1) is 0 Å². The van der Waals surface area contributed by atoms with Crippen molar-refractivity contribution in [2.24, 2.45) is 5.92 Å². The van der Waals surface area contributed by atoms with Crippen molar-refractivity contribution in [2.75, 3.05) is 11.9 Å². The molecule has 1 fully saturated rings. The van der Waals surface area contributed by atoms with Crippen molar-refractivity contribution in [3.8, 4) is 0 Å². The molecule has 1 aromatic rings. The molecule has 0 aliphatic heterocycles. The molecule has 1 aromatic carbocycles. The molecule has 0 atom stereocenters. The molecule has 0 unspecified atom stereocenters. The number of benzene rings is 1. The topological polar surface area (TPSA) is 61.4 Å². The summed E-state index contributed by atoms with van der Waals surface area (Å²) in [6.07, 6.45) is 3.88. The fourth-order valence-electron chi connectivity index (χ4n) is 2.72. The molecular weight excluding hydrogens is 252 g/mol. The van der Waals surface area contributed by atoms with Crippen LogP contribution in [0.4, 0.5) is 10.5 Å².